The Morgan fingerprint density at radius 3 is 2.75 bits per heavy atom. The molecule has 7 atom stereocenters. The highest BCUT2D eigenvalue weighted by atomic mass is 19.1. The molecule has 0 bridgehead atoms. The van der Waals surface area contributed by atoms with Crippen molar-refractivity contribution < 1.29 is 14.0 Å². The maximum atomic E-state index is 13.1. The molecule has 5 rings (SSSR count). The van der Waals surface area contributed by atoms with Crippen LogP contribution in [0.15, 0.2) is 30.5 Å². The van der Waals surface area contributed by atoms with Crippen LogP contribution in [0.4, 0.5) is 10.2 Å². The molecule has 3 saturated carbocycles. The maximum absolute atomic E-state index is 13.1. The number of hydrogen-bond acceptors (Lipinski definition) is 3. The van der Waals surface area contributed by atoms with Crippen LogP contribution in [-0.4, -0.2) is 34.8 Å². The summed E-state index contributed by atoms with van der Waals surface area (Å²) in [7, 11) is 1.96. The van der Waals surface area contributed by atoms with Gasteiger partial charge in [-0.1, -0.05) is 19.9 Å². The van der Waals surface area contributed by atoms with Gasteiger partial charge in [-0.05, 0) is 85.8 Å². The molecule has 0 unspecified atom stereocenters. The summed E-state index contributed by atoms with van der Waals surface area (Å²) >= 11 is 0. The number of carbonyl (C=O) groups excluding carboxylic acids is 2. The van der Waals surface area contributed by atoms with Crippen molar-refractivity contribution in [3.8, 4) is 0 Å². The number of rotatable bonds is 3. The molecule has 0 saturated heterocycles. The number of nitrogens with one attached hydrogen (secondary N) is 1. The largest absolute Gasteiger partial charge is 0.338 e. The molecule has 0 spiro atoms. The Labute approximate surface area is 189 Å². The fourth-order valence-electron chi connectivity index (χ4n) is 8.05. The van der Waals surface area contributed by atoms with Crippen molar-refractivity contribution in [2.24, 2.45) is 34.5 Å². The Hall–Kier alpha value is -2.24. The van der Waals surface area contributed by atoms with Crippen LogP contribution < -0.4 is 5.32 Å². The molecule has 2 heterocycles. The predicted molar refractivity (Wildman–Crippen MR) is 121 cm³/mol. The Kier molecular flexibility index (Phi) is 5.18. The van der Waals surface area contributed by atoms with Gasteiger partial charge < -0.3 is 10.2 Å². The van der Waals surface area contributed by atoms with E-state index in [2.05, 4.69) is 30.2 Å². The molecule has 2 amide bonds. The molecule has 172 valence electrons. The van der Waals surface area contributed by atoms with Gasteiger partial charge >= 0.3 is 0 Å². The van der Waals surface area contributed by atoms with Gasteiger partial charge in [0.25, 0.3) is 0 Å². The Balaban J connectivity index is 1.31. The maximum Gasteiger partial charge on any atom is 0.246 e. The number of aromatic nitrogens is 1. The Morgan fingerprint density at radius 2 is 2.00 bits per heavy atom. The number of hydrogen-bond donors (Lipinski definition) is 1. The SMILES string of the molecule is CN1C(=O)C=C[C@]2(C)[C@H]3CC[C@]4(C)[C@@H](CC(=O)Nc5ccc(F)cn5)CC[C@H]4[C@@H]3CC[C@@H]12. The summed E-state index contributed by atoms with van der Waals surface area (Å²) in [6, 6.07) is 3.13. The van der Waals surface area contributed by atoms with E-state index in [4.69, 9.17) is 0 Å². The average molecular weight is 440 g/mol. The lowest BCUT2D eigenvalue weighted by molar-refractivity contribution is -0.139. The van der Waals surface area contributed by atoms with Gasteiger partial charge in [-0.15, -0.1) is 0 Å². The zero-order valence-electron chi connectivity index (χ0n) is 19.3. The van der Waals surface area contributed by atoms with Crippen LogP contribution >= 0.6 is 0 Å². The molecular formula is C26H34FN3O2. The molecule has 1 aromatic heterocycles. The second-order valence-electron chi connectivity index (χ2n) is 11.1. The van der Waals surface area contributed by atoms with E-state index >= 15 is 0 Å². The topological polar surface area (TPSA) is 62.3 Å². The Morgan fingerprint density at radius 1 is 1.19 bits per heavy atom. The first-order valence-corrected chi connectivity index (χ1v) is 12.1. The summed E-state index contributed by atoms with van der Waals surface area (Å²) in [4.78, 5) is 31.0. The van der Waals surface area contributed by atoms with Gasteiger partial charge in [0.2, 0.25) is 11.8 Å². The van der Waals surface area contributed by atoms with Gasteiger partial charge in [0.05, 0.1) is 6.20 Å². The number of fused-ring (bicyclic) bond motifs is 5. The van der Waals surface area contributed by atoms with Gasteiger partial charge in [0, 0.05) is 24.9 Å². The van der Waals surface area contributed by atoms with Crippen LogP contribution in [0.5, 0.6) is 0 Å². The lowest BCUT2D eigenvalue weighted by Crippen LogP contribution is -2.59. The number of nitrogens with zero attached hydrogens (tertiary/aromatic N) is 2. The van der Waals surface area contributed by atoms with Crippen LogP contribution in [0.2, 0.25) is 0 Å². The predicted octanol–water partition coefficient (Wildman–Crippen LogP) is 4.80. The van der Waals surface area contributed by atoms with E-state index in [1.165, 1.54) is 25.0 Å². The summed E-state index contributed by atoms with van der Waals surface area (Å²) in [5.74, 6) is 2.38. The second-order valence-corrected chi connectivity index (χ2v) is 11.1. The molecule has 0 radical (unpaired) electrons. The zero-order valence-corrected chi connectivity index (χ0v) is 19.3. The number of anilines is 1. The lowest BCUT2D eigenvalue weighted by Gasteiger charge is -2.60. The summed E-state index contributed by atoms with van der Waals surface area (Å²) < 4.78 is 13.1. The zero-order chi connectivity index (χ0) is 22.7. The minimum absolute atomic E-state index is 0.0240. The van der Waals surface area contributed by atoms with Crippen molar-refractivity contribution in [1.82, 2.24) is 9.88 Å². The third-order valence-electron chi connectivity index (χ3n) is 9.75. The normalized spacial score (nSPS) is 40.4. The molecule has 1 N–H and O–H groups in total. The van der Waals surface area contributed by atoms with Crippen LogP contribution in [0.25, 0.3) is 0 Å². The number of halogens is 1. The summed E-state index contributed by atoms with van der Waals surface area (Å²) in [6.07, 6.45) is 12.5. The number of pyridine rings is 1. The standard InChI is InChI=1S/C26H34FN3O2/c1-25-12-10-20-18(6-8-21-26(20,2)13-11-24(32)30(21)3)19(25)7-4-16(25)14-23(31)29-22-9-5-17(27)15-28-22/h5,9,11,13,15-16,18-21H,4,6-8,10,12,14H2,1-3H3,(H,28,29,31)/t16-,18+,19+,20+,21-,25-,26-/m1/s1. The quantitative estimate of drug-likeness (QED) is 0.736. The monoisotopic (exact) mass is 439 g/mol. The van der Waals surface area contributed by atoms with E-state index in [-0.39, 0.29) is 22.6 Å². The molecule has 32 heavy (non-hydrogen) atoms. The van der Waals surface area contributed by atoms with E-state index in [0.29, 0.717) is 42.0 Å². The van der Waals surface area contributed by atoms with E-state index in [9.17, 15) is 14.0 Å². The van der Waals surface area contributed by atoms with Crippen molar-refractivity contribution in [2.75, 3.05) is 12.4 Å². The second kappa shape index (κ2) is 7.67. The summed E-state index contributed by atoms with van der Waals surface area (Å²) in [5, 5.41) is 2.85. The third kappa shape index (κ3) is 3.29. The molecule has 0 aromatic carbocycles. The number of amides is 2. The van der Waals surface area contributed by atoms with E-state index in [0.717, 1.165) is 31.9 Å². The van der Waals surface area contributed by atoms with Crippen molar-refractivity contribution in [3.05, 3.63) is 36.3 Å². The third-order valence-corrected chi connectivity index (χ3v) is 9.75. The molecule has 6 heteroatoms. The van der Waals surface area contributed by atoms with Crippen LogP contribution in [-0.2, 0) is 9.59 Å². The smallest absolute Gasteiger partial charge is 0.246 e. The number of carbonyl (C=O) groups is 2. The molecule has 3 fully saturated rings. The van der Waals surface area contributed by atoms with Gasteiger partial charge in [0.1, 0.15) is 11.6 Å². The van der Waals surface area contributed by atoms with E-state index in [1.54, 1.807) is 6.08 Å². The molecule has 4 aliphatic rings. The molecule has 5 nitrogen and oxygen atoms in total. The van der Waals surface area contributed by atoms with Crippen LogP contribution in [0, 0.1) is 40.3 Å². The van der Waals surface area contributed by atoms with Crippen molar-refractivity contribution >= 4 is 17.6 Å². The molecule has 1 aliphatic heterocycles. The first-order valence-electron chi connectivity index (χ1n) is 12.1. The van der Waals surface area contributed by atoms with Crippen LogP contribution in [0.3, 0.4) is 0 Å². The minimum atomic E-state index is -0.405. The lowest BCUT2D eigenvalue weighted by atomic mass is 9.47. The molecule has 1 aromatic rings. The first-order chi connectivity index (χ1) is 15.2. The van der Waals surface area contributed by atoms with E-state index in [1.807, 2.05) is 11.9 Å². The fourth-order valence-corrected chi connectivity index (χ4v) is 8.05. The van der Waals surface area contributed by atoms with Gasteiger partial charge in [0.15, 0.2) is 0 Å². The van der Waals surface area contributed by atoms with E-state index < -0.39 is 5.82 Å². The fraction of sp³-hybridized carbons (Fsp3) is 0.654. The first kappa shape index (κ1) is 21.6. The van der Waals surface area contributed by atoms with Gasteiger partial charge in [-0.25, -0.2) is 9.37 Å². The number of likely N-dealkylation sites (N-methyl/N-ethyl adjacent to an activating group) is 1. The Bertz CT molecular complexity index is 947. The molecule has 3 aliphatic carbocycles. The summed E-state index contributed by atoms with van der Waals surface area (Å²) in [5.41, 5.74) is 0.231. The highest BCUT2D eigenvalue weighted by Crippen LogP contribution is 2.65. The van der Waals surface area contributed by atoms with Crippen molar-refractivity contribution in [3.63, 3.8) is 0 Å². The highest BCUT2D eigenvalue weighted by molar-refractivity contribution is 5.90. The summed E-state index contributed by atoms with van der Waals surface area (Å²) in [6.45, 7) is 4.78. The van der Waals surface area contributed by atoms with Gasteiger partial charge in [-0.2, -0.15) is 0 Å². The van der Waals surface area contributed by atoms with Crippen molar-refractivity contribution in [2.45, 2.75) is 64.8 Å². The highest BCUT2D eigenvalue weighted by Gasteiger charge is 2.60. The van der Waals surface area contributed by atoms with Crippen molar-refractivity contribution in [1.29, 1.82) is 0 Å². The average Bonchev–Trinajstić information content (AvgIpc) is 3.09. The minimum Gasteiger partial charge on any atom is -0.338 e. The van der Waals surface area contributed by atoms with Crippen LogP contribution in [0.1, 0.15) is 58.8 Å². The molecular weight excluding hydrogens is 405 g/mol. The van der Waals surface area contributed by atoms with Gasteiger partial charge in [-0.3, -0.25) is 9.59 Å².